The molecule has 4 rings (SSSR count). The number of carbonyl (C=O) groups excluding carboxylic acids is 1. The molecule has 0 spiro atoms. The molecule has 0 aliphatic carbocycles. The number of nitrogen functional groups attached to an aromatic ring is 1. The SMILES string of the molecule is COC(=O)N(C)Cc1ccc(-c2cc(-c3nc(-c4ccc(S(=O)C(C)C)cc4)cnc3N)on2)cc1. The van der Waals surface area contributed by atoms with Gasteiger partial charge in [0.2, 0.25) is 0 Å². The van der Waals surface area contributed by atoms with Gasteiger partial charge in [-0.15, -0.1) is 0 Å². The first-order valence-corrected chi connectivity index (χ1v) is 12.5. The first-order chi connectivity index (χ1) is 17.3. The van der Waals surface area contributed by atoms with Crippen LogP contribution < -0.4 is 5.73 Å². The highest BCUT2D eigenvalue weighted by Gasteiger charge is 2.16. The Morgan fingerprint density at radius 2 is 1.72 bits per heavy atom. The van der Waals surface area contributed by atoms with Crippen LogP contribution in [-0.4, -0.2) is 49.7 Å². The summed E-state index contributed by atoms with van der Waals surface area (Å²) in [5.74, 6) is 0.615. The molecule has 0 radical (unpaired) electrons. The summed E-state index contributed by atoms with van der Waals surface area (Å²) in [7, 11) is 1.96. The number of hydrogen-bond donors (Lipinski definition) is 1. The van der Waals surface area contributed by atoms with Gasteiger partial charge in [0.15, 0.2) is 17.3 Å². The molecule has 2 aromatic heterocycles. The lowest BCUT2D eigenvalue weighted by atomic mass is 10.1. The summed E-state index contributed by atoms with van der Waals surface area (Å²) in [5, 5.41) is 4.21. The van der Waals surface area contributed by atoms with Gasteiger partial charge in [-0.1, -0.05) is 55.4 Å². The third-order valence-corrected chi connectivity index (χ3v) is 7.10. The van der Waals surface area contributed by atoms with Crippen molar-refractivity contribution in [1.82, 2.24) is 20.0 Å². The predicted molar refractivity (Wildman–Crippen MR) is 138 cm³/mol. The molecular weight excluding hydrogens is 478 g/mol. The van der Waals surface area contributed by atoms with Gasteiger partial charge < -0.3 is 19.9 Å². The molecule has 0 fully saturated rings. The summed E-state index contributed by atoms with van der Waals surface area (Å²) < 4.78 is 22.6. The number of methoxy groups -OCH3 is 1. The molecule has 2 aromatic carbocycles. The second-order valence-electron chi connectivity index (χ2n) is 8.46. The highest BCUT2D eigenvalue weighted by atomic mass is 32.2. The number of anilines is 1. The van der Waals surface area contributed by atoms with Crippen LogP contribution in [0.5, 0.6) is 0 Å². The minimum absolute atomic E-state index is 0.0387. The van der Waals surface area contributed by atoms with Gasteiger partial charge in [-0.25, -0.2) is 14.8 Å². The average Bonchev–Trinajstić information content (AvgIpc) is 3.38. The Hall–Kier alpha value is -4.05. The maximum Gasteiger partial charge on any atom is 0.409 e. The van der Waals surface area contributed by atoms with Crippen molar-refractivity contribution in [2.45, 2.75) is 30.5 Å². The lowest BCUT2D eigenvalue weighted by Gasteiger charge is -2.15. The Kier molecular flexibility index (Phi) is 7.44. The van der Waals surface area contributed by atoms with Crippen molar-refractivity contribution in [2.75, 3.05) is 19.9 Å². The Balaban J connectivity index is 1.55. The molecule has 1 unspecified atom stereocenters. The second-order valence-corrected chi connectivity index (χ2v) is 10.5. The first kappa shape index (κ1) is 25.1. The van der Waals surface area contributed by atoms with Crippen LogP contribution in [0.1, 0.15) is 19.4 Å². The maximum atomic E-state index is 12.3. The number of nitrogens with zero attached hydrogens (tertiary/aromatic N) is 4. The summed E-state index contributed by atoms with van der Waals surface area (Å²) in [6, 6.07) is 16.8. The van der Waals surface area contributed by atoms with E-state index in [9.17, 15) is 9.00 Å². The zero-order valence-corrected chi connectivity index (χ0v) is 21.3. The number of aromatic nitrogens is 3. The molecule has 4 aromatic rings. The van der Waals surface area contributed by atoms with Gasteiger partial charge >= 0.3 is 6.09 Å². The largest absolute Gasteiger partial charge is 0.453 e. The van der Waals surface area contributed by atoms with Gasteiger partial charge in [0, 0.05) is 40.9 Å². The van der Waals surface area contributed by atoms with E-state index in [4.69, 9.17) is 15.0 Å². The fraction of sp³-hybridized carbons (Fsp3) is 0.231. The number of rotatable bonds is 7. The van der Waals surface area contributed by atoms with Gasteiger partial charge in [0.05, 0.1) is 29.8 Å². The van der Waals surface area contributed by atoms with Gasteiger partial charge in [0.1, 0.15) is 5.69 Å². The number of benzene rings is 2. The van der Waals surface area contributed by atoms with Crippen LogP contribution >= 0.6 is 0 Å². The third-order valence-electron chi connectivity index (χ3n) is 5.51. The van der Waals surface area contributed by atoms with Crippen LogP contribution in [0.15, 0.2) is 70.2 Å². The molecule has 2 N–H and O–H groups in total. The molecule has 1 atom stereocenters. The minimum atomic E-state index is -1.06. The van der Waals surface area contributed by atoms with E-state index >= 15 is 0 Å². The van der Waals surface area contributed by atoms with E-state index in [1.807, 2.05) is 62.4 Å². The molecule has 1 amide bonds. The number of nitrogens with two attached hydrogens (primary N) is 1. The molecule has 0 aliphatic heterocycles. The predicted octanol–water partition coefficient (Wildman–Crippen LogP) is 4.76. The zero-order chi connectivity index (χ0) is 25.8. The lowest BCUT2D eigenvalue weighted by molar-refractivity contribution is 0.131. The Morgan fingerprint density at radius 1 is 1.08 bits per heavy atom. The van der Waals surface area contributed by atoms with E-state index in [1.54, 1.807) is 19.3 Å². The summed E-state index contributed by atoms with van der Waals surface area (Å²) >= 11 is 0. The Bertz CT molecular complexity index is 1380. The molecule has 0 bridgehead atoms. The standard InChI is InChI=1S/C26H27N5O4S/c1-16(2)36(33)20-11-9-19(10-12-20)22-14-28-25(27)24(29-22)23-13-21(30-35-23)18-7-5-17(6-8-18)15-31(3)26(32)34-4/h5-14,16H,15H2,1-4H3,(H2,27,28). The van der Waals surface area contributed by atoms with Crippen LogP contribution in [0.3, 0.4) is 0 Å². The Labute approximate surface area is 211 Å². The summed E-state index contributed by atoms with van der Waals surface area (Å²) in [4.78, 5) is 22.8. The quantitative estimate of drug-likeness (QED) is 0.381. The van der Waals surface area contributed by atoms with Crippen LogP contribution in [-0.2, 0) is 22.1 Å². The van der Waals surface area contributed by atoms with Crippen molar-refractivity contribution >= 4 is 22.7 Å². The van der Waals surface area contributed by atoms with Crippen LogP contribution in [0, 0.1) is 0 Å². The van der Waals surface area contributed by atoms with Crippen LogP contribution in [0.2, 0.25) is 0 Å². The lowest BCUT2D eigenvalue weighted by Crippen LogP contribution is -2.25. The van der Waals surface area contributed by atoms with E-state index in [0.29, 0.717) is 29.4 Å². The van der Waals surface area contributed by atoms with Gasteiger partial charge in [-0.2, -0.15) is 0 Å². The molecule has 10 heteroatoms. The van der Waals surface area contributed by atoms with Crippen molar-refractivity contribution in [3.8, 4) is 34.0 Å². The van der Waals surface area contributed by atoms with Crippen molar-refractivity contribution in [2.24, 2.45) is 0 Å². The van der Waals surface area contributed by atoms with E-state index < -0.39 is 16.9 Å². The highest BCUT2D eigenvalue weighted by molar-refractivity contribution is 7.85. The minimum Gasteiger partial charge on any atom is -0.453 e. The normalized spacial score (nSPS) is 11.9. The van der Waals surface area contributed by atoms with Crippen LogP contribution in [0.25, 0.3) is 34.0 Å². The summed E-state index contributed by atoms with van der Waals surface area (Å²) in [6.07, 6.45) is 1.19. The molecule has 0 saturated carbocycles. The first-order valence-electron chi connectivity index (χ1n) is 11.3. The topological polar surface area (TPSA) is 124 Å². The van der Waals surface area contributed by atoms with E-state index in [2.05, 4.69) is 15.1 Å². The number of carbonyl (C=O) groups is 1. The van der Waals surface area contributed by atoms with E-state index in [0.717, 1.165) is 21.6 Å². The van der Waals surface area contributed by atoms with Gasteiger partial charge in [0.25, 0.3) is 0 Å². The monoisotopic (exact) mass is 505 g/mol. The zero-order valence-electron chi connectivity index (χ0n) is 20.5. The van der Waals surface area contributed by atoms with Crippen LogP contribution in [0.4, 0.5) is 10.6 Å². The average molecular weight is 506 g/mol. The van der Waals surface area contributed by atoms with Gasteiger partial charge in [-0.05, 0) is 17.7 Å². The smallest absolute Gasteiger partial charge is 0.409 e. The Morgan fingerprint density at radius 3 is 2.36 bits per heavy atom. The summed E-state index contributed by atoms with van der Waals surface area (Å²) in [5.41, 5.74) is 10.3. The molecule has 36 heavy (non-hydrogen) atoms. The number of amides is 1. The van der Waals surface area contributed by atoms with Crippen molar-refractivity contribution in [3.05, 3.63) is 66.4 Å². The van der Waals surface area contributed by atoms with Crippen molar-refractivity contribution in [3.63, 3.8) is 0 Å². The van der Waals surface area contributed by atoms with E-state index in [-0.39, 0.29) is 11.1 Å². The van der Waals surface area contributed by atoms with Crippen molar-refractivity contribution < 1.29 is 18.3 Å². The molecule has 186 valence electrons. The number of hydrogen-bond acceptors (Lipinski definition) is 8. The fourth-order valence-corrected chi connectivity index (χ4v) is 4.50. The molecule has 0 saturated heterocycles. The third kappa shape index (κ3) is 5.44. The second kappa shape index (κ2) is 10.7. The maximum absolute atomic E-state index is 12.3. The summed E-state index contributed by atoms with van der Waals surface area (Å²) in [6.45, 7) is 4.27. The highest BCUT2D eigenvalue weighted by Crippen LogP contribution is 2.30. The fourth-order valence-electron chi connectivity index (χ4n) is 3.55. The number of ether oxygens (including phenoxy) is 1. The molecular formula is C26H27N5O4S. The van der Waals surface area contributed by atoms with E-state index in [1.165, 1.54) is 12.0 Å². The molecule has 2 heterocycles. The van der Waals surface area contributed by atoms with Gasteiger partial charge in [-0.3, -0.25) is 4.21 Å². The van der Waals surface area contributed by atoms with Crippen molar-refractivity contribution in [1.29, 1.82) is 0 Å². The molecule has 9 nitrogen and oxygen atoms in total. The molecule has 0 aliphatic rings.